The van der Waals surface area contributed by atoms with Gasteiger partial charge in [0.15, 0.2) is 0 Å². The van der Waals surface area contributed by atoms with Crippen LogP contribution in [0.4, 0.5) is 11.4 Å². The number of para-hydroxylation sites is 2. The van der Waals surface area contributed by atoms with E-state index in [4.69, 9.17) is 4.74 Å². The summed E-state index contributed by atoms with van der Waals surface area (Å²) in [5, 5.41) is 2.87. The van der Waals surface area contributed by atoms with Crippen LogP contribution in [0.25, 0.3) is 0 Å². The number of nitrogens with zero attached hydrogens (tertiary/aromatic N) is 1. The number of benzene rings is 3. The van der Waals surface area contributed by atoms with E-state index >= 15 is 0 Å². The molecule has 0 unspecified atom stereocenters. The van der Waals surface area contributed by atoms with Gasteiger partial charge in [0.2, 0.25) is 5.91 Å². The highest BCUT2D eigenvalue weighted by Gasteiger charge is 2.18. The van der Waals surface area contributed by atoms with E-state index in [-0.39, 0.29) is 31.1 Å². The first-order valence-electron chi connectivity index (χ1n) is 9.50. The molecule has 2 amide bonds. The lowest BCUT2D eigenvalue weighted by atomic mass is 10.1. The minimum Gasteiger partial charge on any atom is -0.362 e. The van der Waals surface area contributed by atoms with Gasteiger partial charge in [-0.05, 0) is 36.8 Å². The minimum atomic E-state index is -0.264. The normalized spacial score (nSPS) is 11.5. The van der Waals surface area contributed by atoms with E-state index < -0.39 is 0 Å². The summed E-state index contributed by atoms with van der Waals surface area (Å²) in [6.45, 7) is 1.53. The van der Waals surface area contributed by atoms with E-state index in [2.05, 4.69) is 5.32 Å². The second-order valence-electron chi connectivity index (χ2n) is 6.59. The Morgan fingerprint density at radius 1 is 0.793 bits per heavy atom. The number of hydrogen-bond acceptors (Lipinski definition) is 3. The summed E-state index contributed by atoms with van der Waals surface area (Å²) in [6.07, 6.45) is 0. The summed E-state index contributed by atoms with van der Waals surface area (Å²) in [5.74, 6) is -0.508. The molecule has 0 spiro atoms. The van der Waals surface area contributed by atoms with E-state index in [0.29, 0.717) is 0 Å². The van der Waals surface area contributed by atoms with Crippen LogP contribution >= 0.6 is 0 Å². The van der Waals surface area contributed by atoms with Crippen molar-refractivity contribution in [3.8, 4) is 0 Å². The number of nitrogens with one attached hydrogen (secondary N) is 1. The van der Waals surface area contributed by atoms with Gasteiger partial charge < -0.3 is 10.1 Å². The van der Waals surface area contributed by atoms with Crippen molar-refractivity contribution in [1.29, 1.82) is 0 Å². The Hall–Kier alpha value is -3.44. The average Bonchev–Trinajstić information content (AvgIpc) is 2.76. The molecule has 0 fully saturated rings. The molecule has 0 aliphatic heterocycles. The molecule has 5 nitrogen and oxygen atoms in total. The molecular formula is C24H24N2O3. The first kappa shape index (κ1) is 20.3. The van der Waals surface area contributed by atoms with Crippen molar-refractivity contribution >= 4 is 23.2 Å². The lowest BCUT2D eigenvalue weighted by molar-refractivity contribution is -0.129. The number of ether oxygens (including phenoxy) is 1. The van der Waals surface area contributed by atoms with E-state index in [0.717, 1.165) is 16.9 Å². The van der Waals surface area contributed by atoms with Crippen LogP contribution < -0.4 is 10.2 Å². The van der Waals surface area contributed by atoms with Gasteiger partial charge >= 0.3 is 0 Å². The number of carbonyl (C=O) groups is 2. The summed E-state index contributed by atoms with van der Waals surface area (Å²) in [6, 6.07) is 28.3. The molecule has 3 aromatic carbocycles. The molecule has 0 aromatic heterocycles. The van der Waals surface area contributed by atoms with Crippen LogP contribution in [0.5, 0.6) is 0 Å². The maximum Gasteiger partial charge on any atom is 0.257 e. The third-order valence-corrected chi connectivity index (χ3v) is 4.41. The predicted octanol–water partition coefficient (Wildman–Crippen LogP) is 4.25. The predicted molar refractivity (Wildman–Crippen MR) is 114 cm³/mol. The SMILES string of the molecule is C[C@@H](NC(=O)COCC(=O)N(c1ccccc1)c1ccccc1)c1ccccc1. The lowest BCUT2D eigenvalue weighted by Gasteiger charge is -2.23. The standard InChI is InChI=1S/C24H24N2O3/c1-19(20-11-5-2-6-12-20)25-23(27)17-29-18-24(28)26(21-13-7-3-8-14-21)22-15-9-4-10-16-22/h2-16,19H,17-18H2,1H3,(H,25,27)/t19-/m1/s1. The van der Waals surface area contributed by atoms with Crippen LogP contribution in [-0.2, 0) is 14.3 Å². The van der Waals surface area contributed by atoms with Crippen molar-refractivity contribution in [2.24, 2.45) is 0 Å². The van der Waals surface area contributed by atoms with Crippen molar-refractivity contribution in [3.05, 3.63) is 96.6 Å². The van der Waals surface area contributed by atoms with Gasteiger partial charge in [0.05, 0.1) is 6.04 Å². The molecule has 0 heterocycles. The molecule has 3 rings (SSSR count). The summed E-state index contributed by atoms with van der Waals surface area (Å²) in [4.78, 5) is 26.6. The fourth-order valence-corrected chi connectivity index (χ4v) is 2.99. The van der Waals surface area contributed by atoms with Crippen molar-refractivity contribution in [2.45, 2.75) is 13.0 Å². The molecule has 0 radical (unpaired) electrons. The maximum absolute atomic E-state index is 12.8. The number of amides is 2. The summed E-state index contributed by atoms with van der Waals surface area (Å²) in [5.41, 5.74) is 2.50. The smallest absolute Gasteiger partial charge is 0.257 e. The second-order valence-corrected chi connectivity index (χ2v) is 6.59. The molecular weight excluding hydrogens is 364 g/mol. The molecule has 3 aromatic rings. The monoisotopic (exact) mass is 388 g/mol. The van der Waals surface area contributed by atoms with Crippen LogP contribution in [-0.4, -0.2) is 25.0 Å². The average molecular weight is 388 g/mol. The number of anilines is 2. The van der Waals surface area contributed by atoms with Gasteiger partial charge in [-0.2, -0.15) is 0 Å². The fraction of sp³-hybridized carbons (Fsp3) is 0.167. The van der Waals surface area contributed by atoms with E-state index in [1.165, 1.54) is 0 Å². The van der Waals surface area contributed by atoms with Gasteiger partial charge in [-0.1, -0.05) is 66.7 Å². The Labute approximate surface area is 170 Å². The van der Waals surface area contributed by atoms with Gasteiger partial charge in [-0.25, -0.2) is 0 Å². The molecule has 0 aliphatic rings. The molecule has 29 heavy (non-hydrogen) atoms. The number of carbonyl (C=O) groups excluding carboxylic acids is 2. The Morgan fingerprint density at radius 2 is 1.28 bits per heavy atom. The summed E-state index contributed by atoms with van der Waals surface area (Å²) in [7, 11) is 0. The van der Waals surface area contributed by atoms with Gasteiger partial charge in [0.1, 0.15) is 13.2 Å². The molecule has 0 saturated carbocycles. The van der Waals surface area contributed by atoms with Crippen LogP contribution in [0.1, 0.15) is 18.5 Å². The fourth-order valence-electron chi connectivity index (χ4n) is 2.99. The van der Waals surface area contributed by atoms with E-state index in [1.54, 1.807) is 4.90 Å². The Bertz CT molecular complexity index is 875. The third-order valence-electron chi connectivity index (χ3n) is 4.41. The van der Waals surface area contributed by atoms with Crippen molar-refractivity contribution in [2.75, 3.05) is 18.1 Å². The first-order chi connectivity index (χ1) is 14.1. The zero-order valence-corrected chi connectivity index (χ0v) is 16.3. The highest BCUT2D eigenvalue weighted by molar-refractivity contribution is 6.01. The molecule has 1 N–H and O–H groups in total. The van der Waals surface area contributed by atoms with Crippen molar-refractivity contribution in [3.63, 3.8) is 0 Å². The summed E-state index contributed by atoms with van der Waals surface area (Å²) < 4.78 is 5.41. The van der Waals surface area contributed by atoms with Crippen LogP contribution in [0.2, 0.25) is 0 Å². The molecule has 5 heteroatoms. The topological polar surface area (TPSA) is 58.6 Å². The molecule has 148 valence electrons. The van der Waals surface area contributed by atoms with Crippen LogP contribution in [0.15, 0.2) is 91.0 Å². The van der Waals surface area contributed by atoms with Gasteiger partial charge in [0.25, 0.3) is 5.91 Å². The molecule has 0 aliphatic carbocycles. The quantitative estimate of drug-likeness (QED) is 0.628. The van der Waals surface area contributed by atoms with Gasteiger partial charge in [-0.3, -0.25) is 14.5 Å². The van der Waals surface area contributed by atoms with E-state index in [1.807, 2.05) is 97.9 Å². The Kier molecular flexibility index (Phi) is 7.14. The molecule has 0 saturated heterocycles. The zero-order chi connectivity index (χ0) is 20.5. The minimum absolute atomic E-state index is 0.131. The number of rotatable bonds is 8. The Balaban J connectivity index is 1.57. The first-order valence-corrected chi connectivity index (χ1v) is 9.50. The third kappa shape index (κ3) is 5.77. The van der Waals surface area contributed by atoms with Gasteiger partial charge in [0, 0.05) is 11.4 Å². The van der Waals surface area contributed by atoms with Crippen molar-refractivity contribution in [1.82, 2.24) is 5.32 Å². The van der Waals surface area contributed by atoms with Crippen LogP contribution in [0.3, 0.4) is 0 Å². The summed E-state index contributed by atoms with van der Waals surface area (Å²) >= 11 is 0. The maximum atomic E-state index is 12.8. The Morgan fingerprint density at radius 3 is 1.79 bits per heavy atom. The van der Waals surface area contributed by atoms with Gasteiger partial charge in [-0.15, -0.1) is 0 Å². The largest absolute Gasteiger partial charge is 0.362 e. The van der Waals surface area contributed by atoms with E-state index in [9.17, 15) is 9.59 Å². The van der Waals surface area contributed by atoms with Crippen molar-refractivity contribution < 1.29 is 14.3 Å². The molecule has 0 bridgehead atoms. The number of hydrogen-bond donors (Lipinski definition) is 1. The van der Waals surface area contributed by atoms with Crippen LogP contribution in [0, 0.1) is 0 Å². The lowest BCUT2D eigenvalue weighted by Crippen LogP contribution is -2.34. The molecule has 1 atom stereocenters. The highest BCUT2D eigenvalue weighted by atomic mass is 16.5. The highest BCUT2D eigenvalue weighted by Crippen LogP contribution is 2.25. The zero-order valence-electron chi connectivity index (χ0n) is 16.3. The second kappa shape index (κ2) is 10.2.